The van der Waals surface area contributed by atoms with E-state index in [9.17, 15) is 19.2 Å². The average Bonchev–Trinajstić information content (AvgIpc) is 2.90. The fourth-order valence-corrected chi connectivity index (χ4v) is 3.64. The Morgan fingerprint density at radius 1 is 1.11 bits per heavy atom. The van der Waals surface area contributed by atoms with Crippen LogP contribution in [0.25, 0.3) is 0 Å². The van der Waals surface area contributed by atoms with Gasteiger partial charge in [0.15, 0.2) is 0 Å². The van der Waals surface area contributed by atoms with Crippen LogP contribution in [0, 0.1) is 25.7 Å². The summed E-state index contributed by atoms with van der Waals surface area (Å²) in [6, 6.07) is 5.74. The lowest BCUT2D eigenvalue weighted by Crippen LogP contribution is -2.44. The van der Waals surface area contributed by atoms with E-state index in [4.69, 9.17) is 0 Å². The number of fused-ring (bicyclic) bond motifs is 1. The molecule has 2 aliphatic rings. The number of benzene rings is 1. The molecule has 7 heteroatoms. The molecule has 4 amide bonds. The number of hydrogen-bond acceptors (Lipinski definition) is 4. The fourth-order valence-electron chi connectivity index (χ4n) is 3.64. The normalized spacial score (nSPS) is 20.9. The van der Waals surface area contributed by atoms with Gasteiger partial charge < -0.3 is 10.2 Å². The van der Waals surface area contributed by atoms with Crippen molar-refractivity contribution >= 4 is 29.3 Å². The monoisotopic (exact) mass is 383 g/mol. The van der Waals surface area contributed by atoms with Crippen LogP contribution in [0.1, 0.15) is 24.0 Å². The summed E-state index contributed by atoms with van der Waals surface area (Å²) in [6.07, 6.45) is 4.88. The number of allylic oxidation sites excluding steroid dienone is 2. The Hall–Kier alpha value is -2.96. The van der Waals surface area contributed by atoms with Gasteiger partial charge in [0.1, 0.15) is 6.54 Å². The average molecular weight is 383 g/mol. The lowest BCUT2D eigenvalue weighted by Gasteiger charge is -2.21. The molecule has 148 valence electrons. The quantitative estimate of drug-likeness (QED) is 0.619. The Morgan fingerprint density at radius 2 is 1.71 bits per heavy atom. The highest BCUT2D eigenvalue weighted by Gasteiger charge is 2.47. The van der Waals surface area contributed by atoms with E-state index in [0.29, 0.717) is 18.5 Å². The molecule has 28 heavy (non-hydrogen) atoms. The summed E-state index contributed by atoms with van der Waals surface area (Å²) in [4.78, 5) is 52.0. The fraction of sp³-hybridized carbons (Fsp3) is 0.429. The first-order chi connectivity index (χ1) is 13.3. The molecule has 1 aliphatic carbocycles. The smallest absolute Gasteiger partial charge is 0.243 e. The van der Waals surface area contributed by atoms with E-state index in [0.717, 1.165) is 16.0 Å². The van der Waals surface area contributed by atoms with Gasteiger partial charge in [-0.25, -0.2) is 0 Å². The first kappa shape index (κ1) is 19.8. The number of carbonyl (C=O) groups is 4. The maximum atomic E-state index is 12.5. The van der Waals surface area contributed by atoms with Crippen LogP contribution in [0.4, 0.5) is 5.69 Å². The van der Waals surface area contributed by atoms with Gasteiger partial charge in [0.05, 0.1) is 18.4 Å². The van der Waals surface area contributed by atoms with E-state index >= 15 is 0 Å². The van der Waals surface area contributed by atoms with Crippen LogP contribution in [0.15, 0.2) is 30.4 Å². The number of amides is 4. The van der Waals surface area contributed by atoms with Crippen molar-refractivity contribution in [2.45, 2.75) is 26.7 Å². The number of nitrogens with zero attached hydrogens (tertiary/aromatic N) is 2. The van der Waals surface area contributed by atoms with Crippen LogP contribution in [-0.2, 0) is 19.2 Å². The summed E-state index contributed by atoms with van der Waals surface area (Å²) < 4.78 is 0. The summed E-state index contributed by atoms with van der Waals surface area (Å²) >= 11 is 0. The van der Waals surface area contributed by atoms with E-state index < -0.39 is 5.91 Å². The largest absolute Gasteiger partial charge is 0.335 e. The SMILES string of the molecule is Cc1ccc(C)c(NC(=O)CN(C)C(=O)CN2C(=O)[C@H]3CC=CC[C@H]3C2=O)c1. The van der Waals surface area contributed by atoms with Gasteiger partial charge in [0, 0.05) is 12.7 Å². The molecule has 1 fully saturated rings. The molecule has 7 nitrogen and oxygen atoms in total. The number of aryl methyl sites for hydroxylation is 2. The van der Waals surface area contributed by atoms with Gasteiger partial charge in [-0.15, -0.1) is 0 Å². The van der Waals surface area contributed by atoms with Crippen molar-refractivity contribution in [3.63, 3.8) is 0 Å². The van der Waals surface area contributed by atoms with E-state index in [1.54, 1.807) is 0 Å². The standard InChI is InChI=1S/C21H25N3O4/c1-13-8-9-14(2)17(10-13)22-18(25)11-23(3)19(26)12-24-20(27)15-6-4-5-7-16(15)21(24)28/h4-5,8-10,15-16H,6-7,11-12H2,1-3H3,(H,22,25)/t15-,16+. The van der Waals surface area contributed by atoms with Crippen molar-refractivity contribution in [2.75, 3.05) is 25.5 Å². The molecule has 0 spiro atoms. The first-order valence-corrected chi connectivity index (χ1v) is 9.39. The third kappa shape index (κ3) is 3.98. The molecule has 3 rings (SSSR count). The zero-order chi connectivity index (χ0) is 20.4. The molecule has 0 radical (unpaired) electrons. The first-order valence-electron chi connectivity index (χ1n) is 9.39. The Morgan fingerprint density at radius 3 is 2.32 bits per heavy atom. The predicted octanol–water partition coefficient (Wildman–Crippen LogP) is 1.65. The van der Waals surface area contributed by atoms with Crippen molar-refractivity contribution in [1.82, 2.24) is 9.80 Å². The molecule has 1 saturated heterocycles. The van der Waals surface area contributed by atoms with Crippen LogP contribution in [0.3, 0.4) is 0 Å². The summed E-state index contributed by atoms with van der Waals surface area (Å²) in [7, 11) is 1.49. The highest BCUT2D eigenvalue weighted by molar-refractivity contribution is 6.07. The Balaban J connectivity index is 1.57. The molecule has 1 heterocycles. The lowest BCUT2D eigenvalue weighted by molar-refractivity contribution is -0.146. The molecule has 1 aromatic carbocycles. The highest BCUT2D eigenvalue weighted by Crippen LogP contribution is 2.34. The van der Waals surface area contributed by atoms with Gasteiger partial charge in [-0.05, 0) is 43.9 Å². The molecule has 0 bridgehead atoms. The molecule has 0 unspecified atom stereocenters. The van der Waals surface area contributed by atoms with Gasteiger partial charge in [-0.1, -0.05) is 24.3 Å². The van der Waals surface area contributed by atoms with Gasteiger partial charge in [0.25, 0.3) is 0 Å². The number of hydrogen-bond donors (Lipinski definition) is 1. The topological polar surface area (TPSA) is 86.8 Å². The third-order valence-electron chi connectivity index (χ3n) is 5.37. The molecule has 0 aromatic heterocycles. The van der Waals surface area contributed by atoms with E-state index in [2.05, 4.69) is 5.32 Å². The molecule has 2 atom stereocenters. The summed E-state index contributed by atoms with van der Waals surface area (Å²) in [5.74, 6) is -2.07. The van der Waals surface area contributed by atoms with Gasteiger partial charge in [0.2, 0.25) is 23.6 Å². The maximum absolute atomic E-state index is 12.5. The number of carbonyl (C=O) groups excluding carboxylic acids is 4. The lowest BCUT2D eigenvalue weighted by atomic mass is 9.85. The van der Waals surface area contributed by atoms with Crippen molar-refractivity contribution in [2.24, 2.45) is 11.8 Å². The van der Waals surface area contributed by atoms with Crippen LogP contribution < -0.4 is 5.32 Å². The van der Waals surface area contributed by atoms with Crippen molar-refractivity contribution in [3.8, 4) is 0 Å². The van der Waals surface area contributed by atoms with Gasteiger partial charge in [-0.2, -0.15) is 0 Å². The number of likely N-dealkylation sites (N-methyl/N-ethyl adjacent to an activating group) is 1. The number of nitrogens with one attached hydrogen (secondary N) is 1. The van der Waals surface area contributed by atoms with E-state index in [-0.39, 0.29) is 42.6 Å². The number of likely N-dealkylation sites (tertiary alicyclic amines) is 1. The van der Waals surface area contributed by atoms with Gasteiger partial charge in [-0.3, -0.25) is 24.1 Å². The molecule has 1 aliphatic heterocycles. The molecule has 1 N–H and O–H groups in total. The molecule has 0 saturated carbocycles. The Kier molecular flexibility index (Phi) is 5.63. The number of imide groups is 1. The minimum Gasteiger partial charge on any atom is -0.335 e. The zero-order valence-electron chi connectivity index (χ0n) is 16.4. The minimum absolute atomic E-state index is 0.156. The van der Waals surface area contributed by atoms with E-state index in [1.807, 2.05) is 44.2 Å². The van der Waals surface area contributed by atoms with Crippen LogP contribution in [0.5, 0.6) is 0 Å². The summed E-state index contributed by atoms with van der Waals surface area (Å²) in [5, 5.41) is 2.80. The number of anilines is 1. The second kappa shape index (κ2) is 7.96. The van der Waals surface area contributed by atoms with Crippen molar-refractivity contribution in [3.05, 3.63) is 41.5 Å². The van der Waals surface area contributed by atoms with Crippen LogP contribution in [0.2, 0.25) is 0 Å². The predicted molar refractivity (Wildman–Crippen MR) is 104 cm³/mol. The Labute approximate surface area is 164 Å². The van der Waals surface area contributed by atoms with Crippen LogP contribution >= 0.6 is 0 Å². The summed E-state index contributed by atoms with van der Waals surface area (Å²) in [6.45, 7) is 3.35. The third-order valence-corrected chi connectivity index (χ3v) is 5.37. The zero-order valence-corrected chi connectivity index (χ0v) is 16.4. The minimum atomic E-state index is -0.440. The maximum Gasteiger partial charge on any atom is 0.243 e. The van der Waals surface area contributed by atoms with E-state index in [1.165, 1.54) is 11.9 Å². The molecular formula is C21H25N3O4. The molecular weight excluding hydrogens is 358 g/mol. The van der Waals surface area contributed by atoms with Crippen molar-refractivity contribution < 1.29 is 19.2 Å². The van der Waals surface area contributed by atoms with Gasteiger partial charge >= 0.3 is 0 Å². The summed E-state index contributed by atoms with van der Waals surface area (Å²) in [5.41, 5.74) is 2.65. The molecule has 1 aromatic rings. The Bertz CT molecular complexity index is 835. The van der Waals surface area contributed by atoms with Crippen molar-refractivity contribution in [1.29, 1.82) is 0 Å². The van der Waals surface area contributed by atoms with Crippen LogP contribution in [-0.4, -0.2) is 53.6 Å². The second-order valence-corrected chi connectivity index (χ2v) is 7.53. The second-order valence-electron chi connectivity index (χ2n) is 7.53. The number of rotatable bonds is 5. The highest BCUT2D eigenvalue weighted by atomic mass is 16.2.